The summed E-state index contributed by atoms with van der Waals surface area (Å²) < 4.78 is 0. The zero-order valence-electron chi connectivity index (χ0n) is 11.6. The molecule has 2 aromatic rings. The van der Waals surface area contributed by atoms with Crippen molar-refractivity contribution in [2.45, 2.75) is 39.0 Å². The van der Waals surface area contributed by atoms with E-state index in [2.05, 4.69) is 37.0 Å². The Bertz CT molecular complexity index is 655. The molecular formula is C16H17NO2S. The average molecular weight is 287 g/mol. The van der Waals surface area contributed by atoms with Crippen LogP contribution in [0.5, 0.6) is 0 Å². The first-order chi connectivity index (χ1) is 9.52. The maximum Gasteiger partial charge on any atom is 0.312 e. The molecule has 1 aliphatic carbocycles. The molecule has 1 aromatic heterocycles. The van der Waals surface area contributed by atoms with Crippen molar-refractivity contribution in [3.63, 3.8) is 0 Å². The first-order valence-electron chi connectivity index (χ1n) is 6.81. The van der Waals surface area contributed by atoms with Crippen molar-refractivity contribution < 1.29 is 9.90 Å². The molecule has 3 rings (SSSR count). The fraction of sp³-hybridized carbons (Fsp3) is 0.375. The van der Waals surface area contributed by atoms with Crippen LogP contribution in [0, 0.1) is 13.8 Å². The number of carboxylic acid groups (broad SMARTS) is 1. The maximum atomic E-state index is 11.2. The topological polar surface area (TPSA) is 50.2 Å². The molecule has 0 bridgehead atoms. The lowest BCUT2D eigenvalue weighted by atomic mass is 10.1. The van der Waals surface area contributed by atoms with Gasteiger partial charge in [0, 0.05) is 11.3 Å². The summed E-state index contributed by atoms with van der Waals surface area (Å²) in [5, 5.41) is 10.2. The van der Waals surface area contributed by atoms with Gasteiger partial charge in [0.25, 0.3) is 0 Å². The maximum absolute atomic E-state index is 11.2. The molecule has 104 valence electrons. The van der Waals surface area contributed by atoms with Gasteiger partial charge in [0.2, 0.25) is 0 Å². The fourth-order valence-electron chi connectivity index (χ4n) is 2.94. The Morgan fingerprint density at radius 3 is 2.70 bits per heavy atom. The number of hydrogen-bond acceptors (Lipinski definition) is 3. The Morgan fingerprint density at radius 1 is 1.35 bits per heavy atom. The van der Waals surface area contributed by atoms with Gasteiger partial charge < -0.3 is 5.11 Å². The van der Waals surface area contributed by atoms with Crippen LogP contribution >= 0.6 is 11.3 Å². The molecule has 1 N–H and O–H groups in total. The molecule has 1 aromatic carbocycles. The minimum Gasteiger partial charge on any atom is -0.481 e. The highest BCUT2D eigenvalue weighted by Crippen LogP contribution is 2.37. The summed E-state index contributed by atoms with van der Waals surface area (Å²) in [5.74, 6) is -1.14. The van der Waals surface area contributed by atoms with E-state index in [4.69, 9.17) is 0 Å². The smallest absolute Gasteiger partial charge is 0.312 e. The van der Waals surface area contributed by atoms with E-state index < -0.39 is 11.9 Å². The number of rotatable bonds is 3. The molecule has 1 heterocycles. The van der Waals surface area contributed by atoms with E-state index in [1.807, 2.05) is 0 Å². The molecule has 1 unspecified atom stereocenters. The lowest BCUT2D eigenvalue weighted by molar-refractivity contribution is -0.138. The largest absolute Gasteiger partial charge is 0.481 e. The highest BCUT2D eigenvalue weighted by Gasteiger charge is 2.32. The molecule has 1 atom stereocenters. The van der Waals surface area contributed by atoms with Crippen LogP contribution in [-0.2, 0) is 17.6 Å². The number of fused-ring (bicyclic) bond motifs is 1. The van der Waals surface area contributed by atoms with Gasteiger partial charge in [-0.15, -0.1) is 11.3 Å². The number of carboxylic acids is 1. The van der Waals surface area contributed by atoms with E-state index in [0.717, 1.165) is 28.4 Å². The molecule has 0 amide bonds. The molecule has 0 saturated heterocycles. The van der Waals surface area contributed by atoms with Gasteiger partial charge in [-0.05, 0) is 32.3 Å². The van der Waals surface area contributed by atoms with Crippen LogP contribution in [0.15, 0.2) is 18.2 Å². The van der Waals surface area contributed by atoms with Gasteiger partial charge in [-0.3, -0.25) is 4.79 Å². The summed E-state index contributed by atoms with van der Waals surface area (Å²) in [6.45, 7) is 4.19. The van der Waals surface area contributed by atoms with Gasteiger partial charge in [0.05, 0.1) is 10.7 Å². The number of aliphatic carboxylic acids is 1. The second-order valence-corrected chi connectivity index (χ2v) is 6.69. The van der Waals surface area contributed by atoms with E-state index in [-0.39, 0.29) is 0 Å². The second-order valence-electron chi connectivity index (χ2n) is 5.52. The number of aromatic nitrogens is 1. The van der Waals surface area contributed by atoms with Crippen molar-refractivity contribution in [2.75, 3.05) is 0 Å². The van der Waals surface area contributed by atoms with Gasteiger partial charge in [0.15, 0.2) is 0 Å². The number of aryl methyl sites for hydroxylation is 3. The molecule has 1 aliphatic rings. The fourth-order valence-corrected chi connectivity index (χ4v) is 4.12. The van der Waals surface area contributed by atoms with Crippen LogP contribution in [0.25, 0.3) is 0 Å². The minimum atomic E-state index is -0.744. The van der Waals surface area contributed by atoms with Gasteiger partial charge >= 0.3 is 5.97 Å². The molecule has 0 spiro atoms. The lowest BCUT2D eigenvalue weighted by Gasteiger charge is -2.04. The third-order valence-electron chi connectivity index (χ3n) is 3.70. The molecule has 0 aliphatic heterocycles. The third kappa shape index (κ3) is 2.48. The van der Waals surface area contributed by atoms with Crippen LogP contribution in [0.1, 0.15) is 44.6 Å². The van der Waals surface area contributed by atoms with E-state index >= 15 is 0 Å². The number of thiazole rings is 1. The SMILES string of the molecule is Cc1cc(C)cc(Cc2nc3c(s2)CCC3C(=O)O)c1. The normalized spacial score (nSPS) is 17.2. The predicted octanol–water partition coefficient (Wildman–Crippen LogP) is 3.47. The monoisotopic (exact) mass is 287 g/mol. The summed E-state index contributed by atoms with van der Waals surface area (Å²) >= 11 is 1.68. The van der Waals surface area contributed by atoms with Crippen molar-refractivity contribution in [3.8, 4) is 0 Å². The molecule has 0 saturated carbocycles. The predicted molar refractivity (Wildman–Crippen MR) is 79.5 cm³/mol. The van der Waals surface area contributed by atoms with Crippen LogP contribution < -0.4 is 0 Å². The molecule has 4 heteroatoms. The van der Waals surface area contributed by atoms with Crippen molar-refractivity contribution in [1.29, 1.82) is 0 Å². The number of hydrogen-bond donors (Lipinski definition) is 1. The standard InChI is InChI=1S/C16H17NO2S/c1-9-5-10(2)7-11(6-9)8-14-17-15-12(16(18)19)3-4-13(15)20-14/h5-7,12H,3-4,8H2,1-2H3,(H,18,19). The van der Waals surface area contributed by atoms with Crippen molar-refractivity contribution >= 4 is 17.3 Å². The Kier molecular flexibility index (Phi) is 3.34. The van der Waals surface area contributed by atoms with Crippen LogP contribution in [0.4, 0.5) is 0 Å². The van der Waals surface area contributed by atoms with Crippen molar-refractivity contribution in [2.24, 2.45) is 0 Å². The molecule has 20 heavy (non-hydrogen) atoms. The van der Waals surface area contributed by atoms with Gasteiger partial charge in [-0.25, -0.2) is 4.98 Å². The molecule has 0 fully saturated rings. The number of nitrogens with zero attached hydrogens (tertiary/aromatic N) is 1. The van der Waals surface area contributed by atoms with Crippen LogP contribution in [0.3, 0.4) is 0 Å². The van der Waals surface area contributed by atoms with Gasteiger partial charge in [-0.2, -0.15) is 0 Å². The second kappa shape index (κ2) is 5.02. The zero-order valence-corrected chi connectivity index (χ0v) is 12.5. The Labute approximate surface area is 122 Å². The van der Waals surface area contributed by atoms with E-state index in [1.54, 1.807) is 11.3 Å². The average Bonchev–Trinajstić information content (AvgIpc) is 2.85. The van der Waals surface area contributed by atoms with E-state index in [0.29, 0.717) is 6.42 Å². The third-order valence-corrected chi connectivity index (χ3v) is 4.83. The molecule has 3 nitrogen and oxygen atoms in total. The first kappa shape index (κ1) is 13.3. The summed E-state index contributed by atoms with van der Waals surface area (Å²) in [4.78, 5) is 16.9. The first-order valence-corrected chi connectivity index (χ1v) is 7.63. The van der Waals surface area contributed by atoms with Gasteiger partial charge in [0.1, 0.15) is 5.92 Å². The highest BCUT2D eigenvalue weighted by atomic mass is 32.1. The van der Waals surface area contributed by atoms with E-state index in [9.17, 15) is 9.90 Å². The van der Waals surface area contributed by atoms with Crippen molar-refractivity contribution in [1.82, 2.24) is 4.98 Å². The summed E-state index contributed by atoms with van der Waals surface area (Å²) in [6, 6.07) is 6.51. The van der Waals surface area contributed by atoms with Crippen molar-refractivity contribution in [3.05, 3.63) is 50.5 Å². The van der Waals surface area contributed by atoms with Crippen LogP contribution in [0.2, 0.25) is 0 Å². The lowest BCUT2D eigenvalue weighted by Crippen LogP contribution is -2.08. The Balaban J connectivity index is 1.86. The molecule has 0 radical (unpaired) electrons. The van der Waals surface area contributed by atoms with E-state index in [1.165, 1.54) is 16.7 Å². The zero-order chi connectivity index (χ0) is 14.3. The Hall–Kier alpha value is -1.68. The molecular weight excluding hydrogens is 270 g/mol. The number of carbonyl (C=O) groups is 1. The number of benzene rings is 1. The Morgan fingerprint density at radius 2 is 2.05 bits per heavy atom. The van der Waals surface area contributed by atoms with Crippen LogP contribution in [-0.4, -0.2) is 16.1 Å². The highest BCUT2D eigenvalue weighted by molar-refractivity contribution is 7.11. The van der Waals surface area contributed by atoms with Gasteiger partial charge in [-0.1, -0.05) is 29.3 Å². The quantitative estimate of drug-likeness (QED) is 0.940. The summed E-state index contributed by atoms with van der Waals surface area (Å²) in [5.41, 5.74) is 4.57. The summed E-state index contributed by atoms with van der Waals surface area (Å²) in [7, 11) is 0. The summed E-state index contributed by atoms with van der Waals surface area (Å²) in [6.07, 6.45) is 2.36. The minimum absolute atomic E-state index is 0.394.